The Labute approximate surface area is 103 Å². The molecule has 17 heavy (non-hydrogen) atoms. The second kappa shape index (κ2) is 4.63. The summed E-state index contributed by atoms with van der Waals surface area (Å²) in [6, 6.07) is 0. The number of nitrogens with one attached hydrogen (secondary N) is 1. The van der Waals surface area contributed by atoms with Crippen LogP contribution in [0.15, 0.2) is 16.1 Å². The number of nitrogens with zero attached hydrogens (tertiary/aromatic N) is 1. The van der Waals surface area contributed by atoms with Crippen molar-refractivity contribution in [1.29, 1.82) is 0 Å². The smallest absolute Gasteiger partial charge is 0.225 e. The van der Waals surface area contributed by atoms with E-state index in [-0.39, 0.29) is 11.3 Å². The van der Waals surface area contributed by atoms with Crippen molar-refractivity contribution in [2.24, 2.45) is 10.4 Å². The third-order valence-corrected chi connectivity index (χ3v) is 3.49. The van der Waals surface area contributed by atoms with E-state index in [9.17, 15) is 4.79 Å². The van der Waals surface area contributed by atoms with Crippen molar-refractivity contribution in [3.63, 3.8) is 0 Å². The van der Waals surface area contributed by atoms with Gasteiger partial charge in [-0.25, -0.2) is 0 Å². The Balaban J connectivity index is 1.93. The Morgan fingerprint density at radius 3 is 2.71 bits per heavy atom. The molecule has 1 heterocycles. The van der Waals surface area contributed by atoms with Crippen molar-refractivity contribution in [3.8, 4) is 0 Å². The summed E-state index contributed by atoms with van der Waals surface area (Å²) in [6.07, 6.45) is 4.93. The summed E-state index contributed by atoms with van der Waals surface area (Å²) in [4.78, 5) is 16.4. The lowest BCUT2D eigenvalue weighted by Gasteiger charge is -2.19. The standard InChI is InChI=1S/C14H22N2O/c1-14(2,3)13(17)16-9-12-11-7-5-4-6-10(11)8-15-12/h4-9H2,1-3H3,(H,16,17). The molecule has 0 aromatic carbocycles. The van der Waals surface area contributed by atoms with E-state index in [1.165, 1.54) is 30.4 Å². The minimum atomic E-state index is -0.317. The van der Waals surface area contributed by atoms with E-state index >= 15 is 0 Å². The van der Waals surface area contributed by atoms with Crippen LogP contribution in [0.5, 0.6) is 0 Å². The molecule has 1 aliphatic heterocycles. The molecule has 3 nitrogen and oxygen atoms in total. The van der Waals surface area contributed by atoms with Crippen LogP contribution in [-0.2, 0) is 4.79 Å². The average Bonchev–Trinajstić information content (AvgIpc) is 2.68. The van der Waals surface area contributed by atoms with Gasteiger partial charge in [-0.3, -0.25) is 9.79 Å². The normalized spacial score (nSPS) is 20.1. The molecule has 0 atom stereocenters. The van der Waals surface area contributed by atoms with E-state index in [0.717, 1.165) is 18.7 Å². The zero-order valence-corrected chi connectivity index (χ0v) is 11.1. The molecule has 1 amide bonds. The van der Waals surface area contributed by atoms with Crippen LogP contribution < -0.4 is 5.32 Å². The third-order valence-electron chi connectivity index (χ3n) is 3.49. The fourth-order valence-electron chi connectivity index (χ4n) is 2.37. The number of hydrogen-bond donors (Lipinski definition) is 1. The van der Waals surface area contributed by atoms with Gasteiger partial charge in [0.05, 0.1) is 18.8 Å². The van der Waals surface area contributed by atoms with Crippen molar-refractivity contribution in [2.75, 3.05) is 13.1 Å². The number of carbonyl (C=O) groups excluding carboxylic acids is 1. The first kappa shape index (κ1) is 12.3. The van der Waals surface area contributed by atoms with Crippen molar-refractivity contribution >= 4 is 11.6 Å². The Morgan fingerprint density at radius 1 is 1.29 bits per heavy atom. The molecule has 0 aromatic rings. The first-order chi connectivity index (χ1) is 7.98. The summed E-state index contributed by atoms with van der Waals surface area (Å²) in [5.74, 6) is 0.102. The number of hydrogen-bond acceptors (Lipinski definition) is 2. The van der Waals surface area contributed by atoms with Gasteiger partial charge in [0.1, 0.15) is 0 Å². The molecular weight excluding hydrogens is 212 g/mol. The Morgan fingerprint density at radius 2 is 2.00 bits per heavy atom. The molecule has 94 valence electrons. The Bertz CT molecular complexity index is 386. The van der Waals surface area contributed by atoms with Crippen molar-refractivity contribution in [1.82, 2.24) is 5.32 Å². The molecule has 0 unspecified atom stereocenters. The minimum absolute atomic E-state index is 0.102. The maximum absolute atomic E-state index is 11.8. The minimum Gasteiger partial charge on any atom is -0.350 e. The summed E-state index contributed by atoms with van der Waals surface area (Å²) < 4.78 is 0. The summed E-state index contributed by atoms with van der Waals surface area (Å²) in [6.45, 7) is 7.28. The van der Waals surface area contributed by atoms with Crippen molar-refractivity contribution < 1.29 is 4.79 Å². The van der Waals surface area contributed by atoms with Gasteiger partial charge in [-0.15, -0.1) is 0 Å². The maximum atomic E-state index is 11.8. The van der Waals surface area contributed by atoms with Gasteiger partial charge in [0, 0.05) is 5.41 Å². The lowest BCUT2D eigenvalue weighted by atomic mass is 9.90. The van der Waals surface area contributed by atoms with Crippen LogP contribution in [0.4, 0.5) is 0 Å². The second-order valence-corrected chi connectivity index (χ2v) is 5.98. The fourth-order valence-corrected chi connectivity index (χ4v) is 2.37. The van der Waals surface area contributed by atoms with E-state index in [2.05, 4.69) is 10.3 Å². The van der Waals surface area contributed by atoms with E-state index in [1.807, 2.05) is 20.8 Å². The summed E-state index contributed by atoms with van der Waals surface area (Å²) in [7, 11) is 0. The average molecular weight is 234 g/mol. The largest absolute Gasteiger partial charge is 0.350 e. The molecular formula is C14H22N2O. The van der Waals surface area contributed by atoms with E-state index < -0.39 is 0 Å². The van der Waals surface area contributed by atoms with Crippen molar-refractivity contribution in [2.45, 2.75) is 46.5 Å². The maximum Gasteiger partial charge on any atom is 0.225 e. The lowest BCUT2D eigenvalue weighted by molar-refractivity contribution is -0.128. The van der Waals surface area contributed by atoms with Crippen LogP contribution in [0, 0.1) is 5.41 Å². The van der Waals surface area contributed by atoms with Crippen LogP contribution in [-0.4, -0.2) is 24.7 Å². The van der Waals surface area contributed by atoms with E-state index in [1.54, 1.807) is 0 Å². The summed E-state index contributed by atoms with van der Waals surface area (Å²) >= 11 is 0. The number of aliphatic imine (C=N–C) groups is 1. The summed E-state index contributed by atoms with van der Waals surface area (Å²) in [5.41, 5.74) is 3.75. The number of rotatable bonds is 2. The Hall–Kier alpha value is -1.12. The van der Waals surface area contributed by atoms with E-state index in [0.29, 0.717) is 6.54 Å². The second-order valence-electron chi connectivity index (χ2n) is 5.98. The van der Waals surface area contributed by atoms with Gasteiger partial charge in [0.15, 0.2) is 0 Å². The molecule has 0 fully saturated rings. The molecule has 0 saturated carbocycles. The number of amides is 1. The quantitative estimate of drug-likeness (QED) is 0.783. The van der Waals surface area contributed by atoms with Gasteiger partial charge in [-0.2, -0.15) is 0 Å². The lowest BCUT2D eigenvalue weighted by Crippen LogP contribution is -2.38. The van der Waals surface area contributed by atoms with Gasteiger partial charge in [-0.05, 0) is 36.8 Å². The van der Waals surface area contributed by atoms with Crippen LogP contribution in [0.3, 0.4) is 0 Å². The highest BCUT2D eigenvalue weighted by Gasteiger charge is 2.24. The molecule has 3 heteroatoms. The van der Waals surface area contributed by atoms with Crippen LogP contribution in [0.2, 0.25) is 0 Å². The SMILES string of the molecule is CC(C)(C)C(=O)NCC1=NCC2=C1CCCC2. The molecule has 2 rings (SSSR count). The topological polar surface area (TPSA) is 41.5 Å². The molecule has 0 spiro atoms. The highest BCUT2D eigenvalue weighted by Crippen LogP contribution is 2.29. The monoisotopic (exact) mass is 234 g/mol. The predicted molar refractivity (Wildman–Crippen MR) is 70.3 cm³/mol. The number of carbonyl (C=O) groups is 1. The van der Waals surface area contributed by atoms with Crippen molar-refractivity contribution in [3.05, 3.63) is 11.1 Å². The molecule has 0 radical (unpaired) electrons. The van der Waals surface area contributed by atoms with Gasteiger partial charge < -0.3 is 5.32 Å². The third kappa shape index (κ3) is 2.76. The molecule has 1 aliphatic carbocycles. The van der Waals surface area contributed by atoms with Crippen LogP contribution in [0.1, 0.15) is 46.5 Å². The van der Waals surface area contributed by atoms with Gasteiger partial charge in [-0.1, -0.05) is 20.8 Å². The highest BCUT2D eigenvalue weighted by atomic mass is 16.2. The molecule has 0 aromatic heterocycles. The molecule has 0 saturated heterocycles. The van der Waals surface area contributed by atoms with Gasteiger partial charge in [0.2, 0.25) is 5.91 Å². The first-order valence-electron chi connectivity index (χ1n) is 6.51. The van der Waals surface area contributed by atoms with Crippen LogP contribution >= 0.6 is 0 Å². The first-order valence-corrected chi connectivity index (χ1v) is 6.51. The molecule has 2 aliphatic rings. The van der Waals surface area contributed by atoms with Gasteiger partial charge >= 0.3 is 0 Å². The van der Waals surface area contributed by atoms with Gasteiger partial charge in [0.25, 0.3) is 0 Å². The summed E-state index contributed by atoms with van der Waals surface area (Å²) in [5, 5.41) is 2.99. The van der Waals surface area contributed by atoms with E-state index in [4.69, 9.17) is 0 Å². The Kier molecular flexibility index (Phi) is 3.36. The molecule has 1 N–H and O–H groups in total. The predicted octanol–water partition coefficient (Wildman–Crippen LogP) is 2.47. The zero-order chi connectivity index (χ0) is 12.5. The molecule has 0 bridgehead atoms. The van der Waals surface area contributed by atoms with Crippen LogP contribution in [0.25, 0.3) is 0 Å². The highest BCUT2D eigenvalue weighted by molar-refractivity contribution is 6.05. The zero-order valence-electron chi connectivity index (χ0n) is 11.1. The fraction of sp³-hybridized carbons (Fsp3) is 0.714.